The molecule has 1 fully saturated rings. The molecule has 6 nitrogen and oxygen atoms in total. The fourth-order valence-electron chi connectivity index (χ4n) is 3.03. The molecule has 0 saturated carbocycles. The molecule has 0 radical (unpaired) electrons. The Morgan fingerprint density at radius 3 is 2.92 bits per heavy atom. The summed E-state index contributed by atoms with van der Waals surface area (Å²) in [6, 6.07) is 9.90. The third-order valence-electron chi connectivity index (χ3n) is 4.60. The quantitative estimate of drug-likeness (QED) is 0.838. The van der Waals surface area contributed by atoms with Gasteiger partial charge in [-0.3, -0.25) is 9.48 Å². The van der Waals surface area contributed by atoms with Crippen LogP contribution in [0.15, 0.2) is 42.7 Å². The molecule has 1 aliphatic rings. The van der Waals surface area contributed by atoms with Crippen LogP contribution in [0.1, 0.15) is 19.8 Å². The van der Waals surface area contributed by atoms with Crippen LogP contribution < -0.4 is 15.0 Å². The molecule has 1 amide bonds. The van der Waals surface area contributed by atoms with Crippen LogP contribution >= 0.6 is 0 Å². The van der Waals surface area contributed by atoms with Crippen LogP contribution in [0.3, 0.4) is 0 Å². The largest absolute Gasteiger partial charge is 0.494 e. The molecular formula is C19H26N4O2. The van der Waals surface area contributed by atoms with E-state index < -0.39 is 0 Å². The van der Waals surface area contributed by atoms with Gasteiger partial charge in [0.1, 0.15) is 5.75 Å². The number of amides is 1. The molecule has 1 aromatic heterocycles. The van der Waals surface area contributed by atoms with Crippen molar-refractivity contribution >= 4 is 11.6 Å². The Kier molecular flexibility index (Phi) is 5.58. The number of para-hydroxylation sites is 1. The van der Waals surface area contributed by atoms with Gasteiger partial charge in [0.15, 0.2) is 0 Å². The minimum absolute atomic E-state index is 0.0591. The van der Waals surface area contributed by atoms with E-state index in [0.717, 1.165) is 30.9 Å². The molecule has 2 heterocycles. The summed E-state index contributed by atoms with van der Waals surface area (Å²) in [5, 5.41) is 7.38. The lowest BCUT2D eigenvalue weighted by Crippen LogP contribution is -2.40. The van der Waals surface area contributed by atoms with Crippen molar-refractivity contribution in [3.05, 3.63) is 42.7 Å². The predicted molar refractivity (Wildman–Crippen MR) is 97.7 cm³/mol. The number of carbonyl (C=O) groups excluding carboxylic acids is 1. The molecule has 0 aliphatic carbocycles. The van der Waals surface area contributed by atoms with Crippen LogP contribution in [0, 0.1) is 5.92 Å². The number of aryl methyl sites for hydroxylation is 1. The van der Waals surface area contributed by atoms with Crippen molar-refractivity contribution in [1.29, 1.82) is 0 Å². The second-order valence-corrected chi connectivity index (χ2v) is 6.66. The van der Waals surface area contributed by atoms with E-state index in [1.54, 1.807) is 4.68 Å². The minimum atomic E-state index is -0.0591. The monoisotopic (exact) mass is 342 g/mol. The number of rotatable bonds is 7. The third kappa shape index (κ3) is 4.75. The fraction of sp³-hybridized carbons (Fsp3) is 0.474. The van der Waals surface area contributed by atoms with Gasteiger partial charge in [0.05, 0.1) is 18.5 Å². The molecule has 1 N–H and O–H groups in total. The van der Waals surface area contributed by atoms with Crippen molar-refractivity contribution in [2.24, 2.45) is 13.0 Å². The van der Waals surface area contributed by atoms with Crippen molar-refractivity contribution in [1.82, 2.24) is 15.1 Å². The van der Waals surface area contributed by atoms with Gasteiger partial charge in [-0.1, -0.05) is 25.1 Å². The molecule has 3 rings (SSSR count). The summed E-state index contributed by atoms with van der Waals surface area (Å²) in [5.41, 5.74) is 1.11. The van der Waals surface area contributed by atoms with E-state index in [9.17, 15) is 4.79 Å². The van der Waals surface area contributed by atoms with Crippen LogP contribution in [0.25, 0.3) is 0 Å². The molecular weight excluding hydrogens is 316 g/mol. The molecule has 0 spiro atoms. The van der Waals surface area contributed by atoms with E-state index in [1.807, 2.05) is 56.7 Å². The van der Waals surface area contributed by atoms with Crippen LogP contribution in [-0.2, 0) is 11.8 Å². The van der Waals surface area contributed by atoms with Gasteiger partial charge >= 0.3 is 0 Å². The van der Waals surface area contributed by atoms with Gasteiger partial charge in [0.25, 0.3) is 0 Å². The normalized spacial score (nSPS) is 18.2. The summed E-state index contributed by atoms with van der Waals surface area (Å²) in [5.74, 6) is 0.892. The highest BCUT2D eigenvalue weighted by Crippen LogP contribution is 2.19. The van der Waals surface area contributed by atoms with Gasteiger partial charge in [-0.05, 0) is 25.0 Å². The lowest BCUT2D eigenvalue weighted by Gasteiger charge is -2.19. The predicted octanol–water partition coefficient (Wildman–Crippen LogP) is 2.22. The number of aromatic nitrogens is 2. The fourth-order valence-corrected chi connectivity index (χ4v) is 3.03. The standard InChI is InChI=1S/C19H26N4O2/c1-15(9-11-25-18-6-4-3-5-7-18)19(24)21-16-8-10-23(13-16)17-12-20-22(2)14-17/h3-7,12,14-16H,8-11,13H2,1-2H3,(H,21,24)/t15-,16+/m1/s1. The number of nitrogens with zero attached hydrogens (tertiary/aromatic N) is 3. The maximum Gasteiger partial charge on any atom is 0.223 e. The zero-order valence-electron chi connectivity index (χ0n) is 14.9. The molecule has 1 saturated heterocycles. The smallest absolute Gasteiger partial charge is 0.223 e. The molecule has 6 heteroatoms. The zero-order chi connectivity index (χ0) is 17.6. The maximum atomic E-state index is 12.4. The minimum Gasteiger partial charge on any atom is -0.494 e. The number of hydrogen-bond acceptors (Lipinski definition) is 4. The van der Waals surface area contributed by atoms with Crippen LogP contribution in [0.5, 0.6) is 5.75 Å². The Hall–Kier alpha value is -2.50. The summed E-state index contributed by atoms with van der Waals surface area (Å²) in [7, 11) is 1.91. The SMILES string of the molecule is C[C@H](CCOc1ccccc1)C(=O)N[C@H]1CCN(c2cnn(C)c2)C1. The van der Waals surface area contributed by atoms with Gasteiger partial charge in [0.2, 0.25) is 5.91 Å². The van der Waals surface area contributed by atoms with E-state index >= 15 is 0 Å². The number of hydrogen-bond donors (Lipinski definition) is 1. The topological polar surface area (TPSA) is 59.4 Å². The number of carbonyl (C=O) groups is 1. The van der Waals surface area contributed by atoms with E-state index in [4.69, 9.17) is 4.74 Å². The summed E-state index contributed by atoms with van der Waals surface area (Å²) in [6.45, 7) is 4.29. The summed E-state index contributed by atoms with van der Waals surface area (Å²) >= 11 is 0. The highest BCUT2D eigenvalue weighted by atomic mass is 16.5. The van der Waals surface area contributed by atoms with Gasteiger partial charge in [-0.2, -0.15) is 5.10 Å². The molecule has 2 atom stereocenters. The maximum absolute atomic E-state index is 12.4. The van der Waals surface area contributed by atoms with Crippen molar-refractivity contribution in [2.75, 3.05) is 24.6 Å². The first-order chi connectivity index (χ1) is 12.1. The summed E-state index contributed by atoms with van der Waals surface area (Å²) in [6.07, 6.45) is 5.55. The second-order valence-electron chi connectivity index (χ2n) is 6.66. The third-order valence-corrected chi connectivity index (χ3v) is 4.60. The number of nitrogens with one attached hydrogen (secondary N) is 1. The second kappa shape index (κ2) is 8.05. The molecule has 1 aliphatic heterocycles. The number of ether oxygens (including phenoxy) is 1. The molecule has 25 heavy (non-hydrogen) atoms. The van der Waals surface area contributed by atoms with E-state index in [0.29, 0.717) is 13.0 Å². The Bertz CT molecular complexity index is 686. The van der Waals surface area contributed by atoms with Crippen molar-refractivity contribution < 1.29 is 9.53 Å². The average Bonchev–Trinajstić information content (AvgIpc) is 3.24. The summed E-state index contributed by atoms with van der Waals surface area (Å²) < 4.78 is 7.48. The first-order valence-corrected chi connectivity index (χ1v) is 8.83. The molecule has 0 bridgehead atoms. The molecule has 2 aromatic rings. The lowest BCUT2D eigenvalue weighted by atomic mass is 10.1. The van der Waals surface area contributed by atoms with Crippen LogP contribution in [-0.4, -0.2) is 41.4 Å². The first-order valence-electron chi connectivity index (χ1n) is 8.83. The lowest BCUT2D eigenvalue weighted by molar-refractivity contribution is -0.125. The molecule has 134 valence electrons. The highest BCUT2D eigenvalue weighted by Gasteiger charge is 2.26. The Balaban J connectivity index is 1.39. The Morgan fingerprint density at radius 1 is 1.40 bits per heavy atom. The van der Waals surface area contributed by atoms with E-state index in [-0.39, 0.29) is 17.9 Å². The Labute approximate surface area is 148 Å². The number of benzene rings is 1. The van der Waals surface area contributed by atoms with Crippen molar-refractivity contribution in [2.45, 2.75) is 25.8 Å². The van der Waals surface area contributed by atoms with Crippen molar-refractivity contribution in [3.63, 3.8) is 0 Å². The van der Waals surface area contributed by atoms with E-state index in [2.05, 4.69) is 15.3 Å². The van der Waals surface area contributed by atoms with Crippen molar-refractivity contribution in [3.8, 4) is 5.75 Å². The summed E-state index contributed by atoms with van der Waals surface area (Å²) in [4.78, 5) is 14.7. The Morgan fingerprint density at radius 2 is 2.20 bits per heavy atom. The molecule has 0 unspecified atom stereocenters. The highest BCUT2D eigenvalue weighted by molar-refractivity contribution is 5.78. The average molecular weight is 342 g/mol. The van der Waals surface area contributed by atoms with Gasteiger partial charge in [-0.25, -0.2) is 0 Å². The van der Waals surface area contributed by atoms with E-state index in [1.165, 1.54) is 0 Å². The van der Waals surface area contributed by atoms with Crippen LogP contribution in [0.2, 0.25) is 0 Å². The van der Waals surface area contributed by atoms with Gasteiger partial charge < -0.3 is 15.0 Å². The first kappa shape index (κ1) is 17.3. The van der Waals surface area contributed by atoms with Gasteiger partial charge in [-0.15, -0.1) is 0 Å². The molecule has 1 aromatic carbocycles. The van der Waals surface area contributed by atoms with Gasteiger partial charge in [0, 0.05) is 38.3 Å². The number of anilines is 1. The van der Waals surface area contributed by atoms with Crippen LogP contribution in [0.4, 0.5) is 5.69 Å². The zero-order valence-corrected chi connectivity index (χ0v) is 14.9.